The zero-order chi connectivity index (χ0) is 20.6. The summed E-state index contributed by atoms with van der Waals surface area (Å²) < 4.78 is 9.71. The van der Waals surface area contributed by atoms with E-state index in [1.54, 1.807) is 60.6 Å². The van der Waals surface area contributed by atoms with E-state index in [4.69, 9.17) is 9.47 Å². The van der Waals surface area contributed by atoms with Crippen molar-refractivity contribution in [1.29, 1.82) is 0 Å². The highest BCUT2D eigenvalue weighted by Crippen LogP contribution is 2.18. The lowest BCUT2D eigenvalue weighted by Crippen LogP contribution is -2.46. The van der Waals surface area contributed by atoms with Crippen molar-refractivity contribution in [2.24, 2.45) is 0 Å². The minimum absolute atomic E-state index is 0.0278. The van der Waals surface area contributed by atoms with Gasteiger partial charge < -0.3 is 19.7 Å². The second-order valence-corrected chi connectivity index (χ2v) is 6.59. The van der Waals surface area contributed by atoms with Gasteiger partial charge in [0, 0.05) is 42.7 Å². The van der Waals surface area contributed by atoms with E-state index in [1.807, 2.05) is 0 Å². The highest BCUT2D eigenvalue weighted by Gasteiger charge is 2.25. The van der Waals surface area contributed by atoms with Crippen LogP contribution >= 0.6 is 0 Å². The maximum Gasteiger partial charge on any atom is 0.513 e. The second kappa shape index (κ2) is 9.68. The molecular weight excluding hydrogens is 374 g/mol. The molecule has 8 nitrogen and oxygen atoms in total. The Morgan fingerprint density at radius 1 is 1.03 bits per heavy atom. The van der Waals surface area contributed by atoms with E-state index in [-0.39, 0.29) is 24.5 Å². The number of hydrogen-bond donors (Lipinski definition) is 1. The topological polar surface area (TPSA) is 97.8 Å². The molecule has 2 amide bonds. The Morgan fingerprint density at radius 2 is 1.69 bits per heavy atom. The molecule has 2 aromatic rings. The van der Waals surface area contributed by atoms with Gasteiger partial charge >= 0.3 is 6.16 Å². The molecule has 3 rings (SSSR count). The first-order valence-electron chi connectivity index (χ1n) is 9.51. The van der Waals surface area contributed by atoms with Crippen molar-refractivity contribution in [1.82, 2.24) is 15.2 Å². The summed E-state index contributed by atoms with van der Waals surface area (Å²) in [6.07, 6.45) is 3.76. The highest BCUT2D eigenvalue weighted by molar-refractivity contribution is 5.95. The molecule has 2 heterocycles. The minimum Gasteiger partial charge on any atom is -0.434 e. The largest absolute Gasteiger partial charge is 0.513 e. The Labute approximate surface area is 168 Å². The third-order valence-electron chi connectivity index (χ3n) is 4.62. The number of nitrogens with one attached hydrogen (secondary N) is 1. The fourth-order valence-corrected chi connectivity index (χ4v) is 3.09. The van der Waals surface area contributed by atoms with Gasteiger partial charge in [-0.3, -0.25) is 14.6 Å². The normalized spacial score (nSPS) is 14.2. The lowest BCUT2D eigenvalue weighted by Gasteiger charge is -2.32. The van der Waals surface area contributed by atoms with Gasteiger partial charge in [0.2, 0.25) is 0 Å². The van der Waals surface area contributed by atoms with Crippen LogP contribution < -0.4 is 10.1 Å². The zero-order valence-corrected chi connectivity index (χ0v) is 16.2. The van der Waals surface area contributed by atoms with Crippen LogP contribution in [-0.2, 0) is 4.74 Å². The number of nitrogens with zero attached hydrogens (tertiary/aromatic N) is 2. The standard InChI is InChI=1S/C21H23N3O5/c1-2-28-21(27)29-18-5-3-16(4-6-18)20(26)24-13-9-17(10-14-24)23-19(25)15-7-11-22-12-8-15/h3-8,11-12,17H,2,9-10,13-14H2,1H3,(H,23,25). The Kier molecular flexibility index (Phi) is 6.78. The van der Waals surface area contributed by atoms with E-state index >= 15 is 0 Å². The quantitative estimate of drug-likeness (QED) is 0.615. The summed E-state index contributed by atoms with van der Waals surface area (Å²) in [5.41, 5.74) is 1.09. The van der Waals surface area contributed by atoms with Crippen molar-refractivity contribution in [3.05, 3.63) is 59.9 Å². The van der Waals surface area contributed by atoms with Crippen LogP contribution in [0.3, 0.4) is 0 Å². The van der Waals surface area contributed by atoms with Crippen LogP contribution in [0.2, 0.25) is 0 Å². The summed E-state index contributed by atoms with van der Waals surface area (Å²) in [4.78, 5) is 41.9. The number of ether oxygens (including phenoxy) is 2. The molecule has 1 saturated heterocycles. The number of rotatable bonds is 5. The molecule has 0 atom stereocenters. The third-order valence-corrected chi connectivity index (χ3v) is 4.62. The predicted molar refractivity (Wildman–Crippen MR) is 105 cm³/mol. The minimum atomic E-state index is -0.775. The van der Waals surface area contributed by atoms with Crippen molar-refractivity contribution in [3.63, 3.8) is 0 Å². The summed E-state index contributed by atoms with van der Waals surface area (Å²) in [5.74, 6) is 0.0958. The second-order valence-electron chi connectivity index (χ2n) is 6.59. The molecule has 0 spiro atoms. The average molecular weight is 397 g/mol. The van der Waals surface area contributed by atoms with E-state index in [0.29, 0.717) is 42.8 Å². The number of likely N-dealkylation sites (tertiary alicyclic amines) is 1. The van der Waals surface area contributed by atoms with Gasteiger partial charge in [-0.05, 0) is 56.2 Å². The van der Waals surface area contributed by atoms with Gasteiger partial charge in [-0.25, -0.2) is 4.79 Å². The maximum absolute atomic E-state index is 12.7. The number of piperidine rings is 1. The Hall–Kier alpha value is -3.42. The summed E-state index contributed by atoms with van der Waals surface area (Å²) in [6, 6.07) is 9.73. The monoisotopic (exact) mass is 397 g/mol. The number of hydrogen-bond acceptors (Lipinski definition) is 6. The summed E-state index contributed by atoms with van der Waals surface area (Å²) in [6.45, 7) is 3.04. The molecule has 0 unspecified atom stereocenters. The first kappa shape index (κ1) is 20.3. The third kappa shape index (κ3) is 5.54. The first-order valence-corrected chi connectivity index (χ1v) is 9.51. The number of amides is 2. The molecule has 1 aromatic carbocycles. The average Bonchev–Trinajstić information content (AvgIpc) is 2.75. The molecule has 152 valence electrons. The fourth-order valence-electron chi connectivity index (χ4n) is 3.09. The summed E-state index contributed by atoms with van der Waals surface area (Å²) in [5, 5.41) is 3.01. The molecule has 1 fully saturated rings. The van der Waals surface area contributed by atoms with Crippen LogP contribution in [0.1, 0.15) is 40.5 Å². The predicted octanol–water partition coefficient (Wildman–Crippen LogP) is 2.65. The van der Waals surface area contributed by atoms with Crippen LogP contribution in [0.15, 0.2) is 48.8 Å². The molecule has 29 heavy (non-hydrogen) atoms. The molecule has 8 heteroatoms. The van der Waals surface area contributed by atoms with Gasteiger partial charge in [-0.15, -0.1) is 0 Å². The molecule has 0 saturated carbocycles. The Morgan fingerprint density at radius 3 is 2.31 bits per heavy atom. The number of aromatic nitrogens is 1. The van der Waals surface area contributed by atoms with E-state index in [9.17, 15) is 14.4 Å². The summed E-state index contributed by atoms with van der Waals surface area (Å²) >= 11 is 0. The number of carbonyl (C=O) groups excluding carboxylic acids is 3. The Bertz CT molecular complexity index is 846. The van der Waals surface area contributed by atoms with Crippen molar-refractivity contribution < 1.29 is 23.9 Å². The molecule has 1 aromatic heterocycles. The molecule has 1 aliphatic rings. The molecular formula is C21H23N3O5. The highest BCUT2D eigenvalue weighted by atomic mass is 16.7. The van der Waals surface area contributed by atoms with Gasteiger partial charge in [0.05, 0.1) is 6.61 Å². The fraction of sp³-hybridized carbons (Fsp3) is 0.333. The van der Waals surface area contributed by atoms with Crippen LogP contribution in [-0.4, -0.2) is 53.6 Å². The number of pyridine rings is 1. The lowest BCUT2D eigenvalue weighted by atomic mass is 10.0. The van der Waals surface area contributed by atoms with E-state index in [2.05, 4.69) is 10.3 Å². The SMILES string of the molecule is CCOC(=O)Oc1ccc(C(=O)N2CCC(NC(=O)c3ccncc3)CC2)cc1. The molecule has 0 radical (unpaired) electrons. The zero-order valence-electron chi connectivity index (χ0n) is 16.2. The van der Waals surface area contributed by atoms with Crippen molar-refractivity contribution in [2.45, 2.75) is 25.8 Å². The summed E-state index contributed by atoms with van der Waals surface area (Å²) in [7, 11) is 0. The van der Waals surface area contributed by atoms with Crippen LogP contribution in [0, 0.1) is 0 Å². The number of carbonyl (C=O) groups is 3. The van der Waals surface area contributed by atoms with Crippen LogP contribution in [0.25, 0.3) is 0 Å². The van der Waals surface area contributed by atoms with Crippen LogP contribution in [0.5, 0.6) is 5.75 Å². The van der Waals surface area contributed by atoms with Gasteiger partial charge in [0.25, 0.3) is 11.8 Å². The van der Waals surface area contributed by atoms with Gasteiger partial charge in [-0.1, -0.05) is 0 Å². The lowest BCUT2D eigenvalue weighted by molar-refractivity contribution is 0.0698. The van der Waals surface area contributed by atoms with Crippen molar-refractivity contribution >= 4 is 18.0 Å². The molecule has 1 aliphatic heterocycles. The van der Waals surface area contributed by atoms with Crippen LogP contribution in [0.4, 0.5) is 4.79 Å². The first-order chi connectivity index (χ1) is 14.1. The van der Waals surface area contributed by atoms with Gasteiger partial charge in [-0.2, -0.15) is 0 Å². The maximum atomic E-state index is 12.7. The number of benzene rings is 1. The van der Waals surface area contributed by atoms with Gasteiger partial charge in [0.1, 0.15) is 5.75 Å². The molecule has 0 bridgehead atoms. The van der Waals surface area contributed by atoms with Crippen molar-refractivity contribution in [3.8, 4) is 5.75 Å². The molecule has 0 aliphatic carbocycles. The smallest absolute Gasteiger partial charge is 0.434 e. The van der Waals surface area contributed by atoms with E-state index < -0.39 is 6.16 Å². The van der Waals surface area contributed by atoms with E-state index in [0.717, 1.165) is 0 Å². The van der Waals surface area contributed by atoms with E-state index in [1.165, 1.54) is 0 Å². The Balaban J connectivity index is 1.49. The molecule has 1 N–H and O–H groups in total. The van der Waals surface area contributed by atoms with Crippen molar-refractivity contribution in [2.75, 3.05) is 19.7 Å². The van der Waals surface area contributed by atoms with Gasteiger partial charge in [0.15, 0.2) is 0 Å².